The van der Waals surface area contributed by atoms with Gasteiger partial charge in [-0.15, -0.1) is 0 Å². The fraction of sp³-hybridized carbons (Fsp3) is 0.222. The van der Waals surface area contributed by atoms with E-state index in [1.807, 2.05) is 55.1 Å². The number of sulfone groups is 1. The first-order valence-corrected chi connectivity index (χ1v) is 13.7. The lowest BCUT2D eigenvalue weighted by Crippen LogP contribution is -2.28. The molecule has 2 heterocycles. The molecule has 192 valence electrons. The summed E-state index contributed by atoms with van der Waals surface area (Å²) >= 11 is 6.07. The molecule has 0 aliphatic carbocycles. The molecule has 0 unspecified atom stereocenters. The average Bonchev–Trinajstić information content (AvgIpc) is 3.40. The van der Waals surface area contributed by atoms with Gasteiger partial charge in [0.1, 0.15) is 5.76 Å². The predicted octanol–water partition coefficient (Wildman–Crippen LogP) is 5.59. The summed E-state index contributed by atoms with van der Waals surface area (Å²) in [5.41, 5.74) is 3.63. The van der Waals surface area contributed by atoms with Crippen molar-refractivity contribution in [3.05, 3.63) is 100 Å². The highest BCUT2D eigenvalue weighted by atomic mass is 35.5. The molecule has 4 aromatic rings. The molecule has 2 aromatic heterocycles. The number of para-hydroxylation sites is 1. The van der Waals surface area contributed by atoms with E-state index in [4.69, 9.17) is 16.0 Å². The summed E-state index contributed by atoms with van der Waals surface area (Å²) < 4.78 is 30.8. The van der Waals surface area contributed by atoms with Crippen molar-refractivity contribution in [2.24, 2.45) is 0 Å². The topological polar surface area (TPSA) is 105 Å². The molecule has 37 heavy (non-hydrogen) atoms. The molecule has 0 fully saturated rings. The lowest BCUT2D eigenvalue weighted by molar-refractivity contribution is 0.102. The Morgan fingerprint density at radius 2 is 1.73 bits per heavy atom. The molecule has 4 rings (SSSR count). The average molecular weight is 539 g/mol. The second kappa shape index (κ2) is 11.1. The number of nitrogens with one attached hydrogen (secondary N) is 1. The number of nitrogens with zero attached hydrogens (tertiary/aromatic N) is 3. The van der Waals surface area contributed by atoms with E-state index in [2.05, 4.69) is 15.3 Å². The number of aromatic nitrogens is 2. The van der Waals surface area contributed by atoms with Gasteiger partial charge in [0.2, 0.25) is 15.0 Å². The third-order valence-corrected chi connectivity index (χ3v) is 7.66. The van der Waals surface area contributed by atoms with Gasteiger partial charge in [-0.2, -0.15) is 0 Å². The van der Waals surface area contributed by atoms with E-state index < -0.39 is 20.9 Å². The lowest BCUT2D eigenvalue weighted by Gasteiger charge is -2.26. The molecule has 0 aliphatic rings. The van der Waals surface area contributed by atoms with Crippen molar-refractivity contribution in [1.82, 2.24) is 9.97 Å². The Balaban J connectivity index is 1.82. The summed E-state index contributed by atoms with van der Waals surface area (Å²) in [6.07, 6.45) is 2.95. The molecule has 1 amide bonds. The summed E-state index contributed by atoms with van der Waals surface area (Å²) in [6.45, 7) is 5.94. The number of anilines is 2. The second-order valence-corrected chi connectivity index (χ2v) is 11.2. The minimum atomic E-state index is -3.75. The zero-order valence-corrected chi connectivity index (χ0v) is 22.3. The highest BCUT2D eigenvalue weighted by Crippen LogP contribution is 2.27. The van der Waals surface area contributed by atoms with E-state index in [9.17, 15) is 13.2 Å². The van der Waals surface area contributed by atoms with E-state index in [0.29, 0.717) is 35.2 Å². The van der Waals surface area contributed by atoms with Crippen molar-refractivity contribution in [1.29, 1.82) is 0 Å². The molecule has 0 saturated carbocycles. The van der Waals surface area contributed by atoms with Crippen LogP contribution in [-0.4, -0.2) is 30.0 Å². The number of rotatable bonds is 9. The molecule has 2 aromatic carbocycles. The van der Waals surface area contributed by atoms with Crippen molar-refractivity contribution in [2.75, 3.05) is 16.0 Å². The third kappa shape index (κ3) is 6.18. The minimum Gasteiger partial charge on any atom is -0.467 e. The molecular weight excluding hydrogens is 512 g/mol. The van der Waals surface area contributed by atoms with Crippen molar-refractivity contribution in [3.8, 4) is 0 Å². The van der Waals surface area contributed by atoms with Crippen LogP contribution in [0.25, 0.3) is 0 Å². The monoisotopic (exact) mass is 538 g/mol. The first-order chi connectivity index (χ1) is 17.7. The summed E-state index contributed by atoms with van der Waals surface area (Å²) in [6, 6.07) is 16.6. The molecule has 0 radical (unpaired) electrons. The van der Waals surface area contributed by atoms with Crippen molar-refractivity contribution >= 4 is 38.7 Å². The van der Waals surface area contributed by atoms with E-state index >= 15 is 0 Å². The number of hydrogen-bond acceptors (Lipinski definition) is 7. The highest BCUT2D eigenvalue weighted by molar-refractivity contribution is 7.91. The van der Waals surface area contributed by atoms with Gasteiger partial charge in [-0.3, -0.25) is 4.79 Å². The van der Waals surface area contributed by atoms with Gasteiger partial charge in [0.05, 0.1) is 30.4 Å². The van der Waals surface area contributed by atoms with E-state index in [0.717, 1.165) is 16.7 Å². The minimum absolute atomic E-state index is 0.0507. The molecule has 0 bridgehead atoms. The van der Waals surface area contributed by atoms with E-state index in [-0.39, 0.29) is 11.4 Å². The normalized spacial score (nSPS) is 11.4. The molecule has 10 heteroatoms. The maximum atomic E-state index is 13.6. The summed E-state index contributed by atoms with van der Waals surface area (Å²) in [5.74, 6) is -0.0752. The van der Waals surface area contributed by atoms with E-state index in [1.165, 1.54) is 13.1 Å². The molecule has 0 atom stereocenters. The van der Waals surface area contributed by atoms with Crippen LogP contribution in [0, 0.1) is 13.8 Å². The van der Waals surface area contributed by atoms with E-state index in [1.54, 1.807) is 24.5 Å². The van der Waals surface area contributed by atoms with Crippen LogP contribution in [-0.2, 0) is 22.9 Å². The third-order valence-electron chi connectivity index (χ3n) is 5.89. The van der Waals surface area contributed by atoms with Crippen LogP contribution < -0.4 is 10.2 Å². The number of halogens is 1. The fourth-order valence-corrected chi connectivity index (χ4v) is 4.68. The Morgan fingerprint density at radius 1 is 1.03 bits per heavy atom. The number of carbonyl (C=O) groups is 1. The maximum absolute atomic E-state index is 13.6. The Bertz CT molecular complexity index is 1480. The first kappa shape index (κ1) is 26.4. The summed E-state index contributed by atoms with van der Waals surface area (Å²) in [4.78, 5) is 23.9. The smallest absolute Gasteiger partial charge is 0.276 e. The highest BCUT2D eigenvalue weighted by Gasteiger charge is 2.26. The van der Waals surface area contributed by atoms with Gasteiger partial charge in [0.15, 0.2) is 5.69 Å². The Hall–Kier alpha value is -3.69. The first-order valence-electron chi connectivity index (χ1n) is 11.7. The zero-order valence-electron chi connectivity index (χ0n) is 20.7. The Labute approximate surface area is 221 Å². The molecule has 8 nitrogen and oxygen atoms in total. The number of hydrogen-bond donors (Lipinski definition) is 1. The fourth-order valence-electron chi connectivity index (χ4n) is 3.85. The molecule has 0 aliphatic heterocycles. The predicted molar refractivity (Wildman–Crippen MR) is 144 cm³/mol. The number of aryl methyl sites for hydroxylation is 2. The van der Waals surface area contributed by atoms with Crippen LogP contribution >= 0.6 is 11.6 Å². The molecule has 0 spiro atoms. The Morgan fingerprint density at radius 3 is 2.35 bits per heavy atom. The summed E-state index contributed by atoms with van der Waals surface area (Å²) in [7, 11) is -3.75. The van der Waals surface area contributed by atoms with Crippen LogP contribution in [0.1, 0.15) is 39.9 Å². The lowest BCUT2D eigenvalue weighted by atomic mass is 10.1. The van der Waals surface area contributed by atoms with Gasteiger partial charge in [0, 0.05) is 17.3 Å². The maximum Gasteiger partial charge on any atom is 0.276 e. The SMILES string of the molecule is CCS(=O)(=O)c1ncc(N(Cc2ccc(Cl)cc2)Cc2ccco2)c(C(=O)Nc2c(C)cccc2C)n1. The van der Waals surface area contributed by atoms with Crippen molar-refractivity contribution < 1.29 is 17.6 Å². The van der Waals surface area contributed by atoms with Crippen LogP contribution in [0.4, 0.5) is 11.4 Å². The van der Waals surface area contributed by atoms with Gasteiger partial charge >= 0.3 is 0 Å². The van der Waals surface area contributed by atoms with Crippen LogP contribution in [0.5, 0.6) is 0 Å². The van der Waals surface area contributed by atoms with Gasteiger partial charge in [-0.25, -0.2) is 18.4 Å². The molecular formula is C27H27ClN4O4S. The van der Waals surface area contributed by atoms with Crippen molar-refractivity contribution in [2.45, 2.75) is 39.0 Å². The van der Waals surface area contributed by atoms with Crippen LogP contribution in [0.3, 0.4) is 0 Å². The number of furan rings is 1. The quantitative estimate of drug-likeness (QED) is 0.277. The van der Waals surface area contributed by atoms with Gasteiger partial charge in [-0.05, 0) is 54.8 Å². The zero-order chi connectivity index (χ0) is 26.6. The number of carbonyl (C=O) groups excluding carboxylic acids is 1. The van der Waals surface area contributed by atoms with Gasteiger partial charge in [-0.1, -0.05) is 48.9 Å². The molecule has 1 N–H and O–H groups in total. The standard InChI is InChI=1S/C27H27ClN4O4S/c1-4-37(34,35)27-29-15-23(25(31-27)26(33)30-24-18(2)7-5-8-19(24)3)32(17-22-9-6-14-36-22)16-20-10-12-21(28)13-11-20/h5-15H,4,16-17H2,1-3H3,(H,30,33). The Kier molecular flexibility index (Phi) is 7.94. The van der Waals surface area contributed by atoms with Crippen LogP contribution in [0.15, 0.2) is 76.6 Å². The largest absolute Gasteiger partial charge is 0.467 e. The van der Waals surface area contributed by atoms with Crippen LogP contribution in [0.2, 0.25) is 5.02 Å². The molecule has 0 saturated heterocycles. The second-order valence-electron chi connectivity index (χ2n) is 8.57. The van der Waals surface area contributed by atoms with Crippen molar-refractivity contribution in [3.63, 3.8) is 0 Å². The number of amides is 1. The number of benzene rings is 2. The van der Waals surface area contributed by atoms with Gasteiger partial charge in [0.25, 0.3) is 5.91 Å². The summed E-state index contributed by atoms with van der Waals surface area (Å²) in [5, 5.41) is 3.14. The van der Waals surface area contributed by atoms with Gasteiger partial charge < -0.3 is 14.6 Å².